The van der Waals surface area contributed by atoms with E-state index in [-0.39, 0.29) is 17.9 Å². The summed E-state index contributed by atoms with van der Waals surface area (Å²) in [7, 11) is 0. The lowest BCUT2D eigenvalue weighted by atomic mass is 9.92. The van der Waals surface area contributed by atoms with Crippen molar-refractivity contribution in [3.63, 3.8) is 0 Å². The van der Waals surface area contributed by atoms with Crippen molar-refractivity contribution >= 4 is 6.09 Å². The normalized spacial score (nSPS) is 15.2. The van der Waals surface area contributed by atoms with Crippen LogP contribution in [0.2, 0.25) is 0 Å². The number of halogens is 1. The van der Waals surface area contributed by atoms with Crippen molar-refractivity contribution in [2.75, 3.05) is 13.1 Å². The second kappa shape index (κ2) is 10.1. The molecule has 1 aromatic heterocycles. The molecule has 0 radical (unpaired) electrons. The molecule has 0 saturated carbocycles. The summed E-state index contributed by atoms with van der Waals surface area (Å²) in [5.41, 5.74) is 5.24. The maximum atomic E-state index is 14.7. The summed E-state index contributed by atoms with van der Waals surface area (Å²) in [4.78, 5) is 12.8. The highest BCUT2D eigenvalue weighted by Gasteiger charge is 2.28. The molecule has 1 fully saturated rings. The van der Waals surface area contributed by atoms with Crippen LogP contribution < -0.4 is 5.32 Å². The van der Waals surface area contributed by atoms with Gasteiger partial charge in [-0.15, -0.1) is 0 Å². The number of hydrogen-bond donors (Lipinski definition) is 3. The molecule has 1 aliphatic rings. The van der Waals surface area contributed by atoms with Crippen molar-refractivity contribution < 1.29 is 14.3 Å². The molecule has 7 heteroatoms. The number of carbonyl (C=O) groups is 1. The van der Waals surface area contributed by atoms with Gasteiger partial charge >= 0.3 is 6.09 Å². The second-order valence-corrected chi connectivity index (χ2v) is 8.81. The van der Waals surface area contributed by atoms with Gasteiger partial charge in [0.25, 0.3) is 0 Å². The van der Waals surface area contributed by atoms with Crippen molar-refractivity contribution in [1.29, 1.82) is 0 Å². The van der Waals surface area contributed by atoms with Crippen LogP contribution in [0.4, 0.5) is 9.18 Å². The predicted octanol–water partition coefficient (Wildman–Crippen LogP) is 5.70. The van der Waals surface area contributed by atoms with Gasteiger partial charge in [0.05, 0.1) is 17.9 Å². The summed E-state index contributed by atoms with van der Waals surface area (Å²) in [5.74, 6) is -0.314. The quantitative estimate of drug-likeness (QED) is 0.337. The van der Waals surface area contributed by atoms with E-state index in [1.165, 1.54) is 11.0 Å². The first kappa shape index (κ1) is 22.8. The van der Waals surface area contributed by atoms with Crippen LogP contribution in [0.25, 0.3) is 22.4 Å². The number of nitrogens with one attached hydrogen (secondary N) is 2. The number of benzene rings is 3. The van der Waals surface area contributed by atoms with E-state index in [2.05, 4.69) is 51.9 Å². The molecule has 1 unspecified atom stereocenters. The van der Waals surface area contributed by atoms with Crippen molar-refractivity contribution in [1.82, 2.24) is 20.4 Å². The Labute approximate surface area is 203 Å². The molecule has 4 aromatic rings. The van der Waals surface area contributed by atoms with E-state index < -0.39 is 6.09 Å². The zero-order valence-electron chi connectivity index (χ0n) is 19.2. The maximum Gasteiger partial charge on any atom is 0.407 e. The van der Waals surface area contributed by atoms with E-state index in [9.17, 15) is 14.3 Å². The van der Waals surface area contributed by atoms with Crippen LogP contribution in [0.15, 0.2) is 85.1 Å². The minimum absolute atomic E-state index is 0.118. The number of likely N-dealkylation sites (tertiary alicyclic amines) is 1. The van der Waals surface area contributed by atoms with Gasteiger partial charge in [0.15, 0.2) is 0 Å². The summed E-state index contributed by atoms with van der Waals surface area (Å²) in [6, 6.07) is 25.1. The average molecular weight is 471 g/mol. The van der Waals surface area contributed by atoms with E-state index in [4.69, 9.17) is 0 Å². The number of rotatable bonds is 6. The lowest BCUT2D eigenvalue weighted by Crippen LogP contribution is -2.45. The average Bonchev–Trinajstić information content (AvgIpc) is 3.38. The molecule has 0 spiro atoms. The van der Waals surface area contributed by atoms with Gasteiger partial charge in [0.1, 0.15) is 5.82 Å². The summed E-state index contributed by atoms with van der Waals surface area (Å²) in [6.45, 7) is 0.969. The zero-order valence-corrected chi connectivity index (χ0v) is 19.2. The standard InChI is InChI=1S/C28H27FN4O2/c29-25-9-5-4-8-23(25)27-24(18-30-32-27)26(31-22-14-16-33(17-15-22)28(34)35)21-12-10-20(11-13-21)19-6-2-1-3-7-19/h1-13,18,22,26,31H,14-17H2,(H,30,32)(H,34,35). The van der Waals surface area contributed by atoms with Crippen molar-refractivity contribution in [2.24, 2.45) is 0 Å². The van der Waals surface area contributed by atoms with Gasteiger partial charge in [-0.25, -0.2) is 9.18 Å². The number of hydrogen-bond acceptors (Lipinski definition) is 3. The largest absolute Gasteiger partial charge is 0.465 e. The molecule has 0 bridgehead atoms. The molecule has 1 saturated heterocycles. The minimum atomic E-state index is -0.881. The predicted molar refractivity (Wildman–Crippen MR) is 133 cm³/mol. The first-order chi connectivity index (χ1) is 17.1. The summed E-state index contributed by atoms with van der Waals surface area (Å²) >= 11 is 0. The van der Waals surface area contributed by atoms with Crippen LogP contribution in [-0.2, 0) is 0 Å². The lowest BCUT2D eigenvalue weighted by molar-refractivity contribution is 0.128. The molecule has 178 valence electrons. The summed E-state index contributed by atoms with van der Waals surface area (Å²) in [6.07, 6.45) is 2.28. The molecule has 5 rings (SSSR count). The molecule has 3 aromatic carbocycles. The number of nitrogens with zero attached hydrogens (tertiary/aromatic N) is 2. The minimum Gasteiger partial charge on any atom is -0.465 e. The van der Waals surface area contributed by atoms with Crippen LogP contribution in [0, 0.1) is 5.82 Å². The maximum absolute atomic E-state index is 14.7. The third kappa shape index (κ3) is 4.95. The Morgan fingerprint density at radius 2 is 1.63 bits per heavy atom. The molecule has 1 amide bonds. The third-order valence-corrected chi connectivity index (χ3v) is 6.64. The van der Waals surface area contributed by atoms with Gasteiger partial charge in [-0.1, -0.05) is 66.7 Å². The highest BCUT2D eigenvalue weighted by atomic mass is 19.1. The Kier molecular flexibility index (Phi) is 6.59. The van der Waals surface area contributed by atoms with Crippen LogP contribution in [0.1, 0.15) is 30.0 Å². The Morgan fingerprint density at radius 1 is 0.971 bits per heavy atom. The van der Waals surface area contributed by atoms with E-state index in [1.807, 2.05) is 24.3 Å². The van der Waals surface area contributed by atoms with Crippen molar-refractivity contribution in [2.45, 2.75) is 24.9 Å². The van der Waals surface area contributed by atoms with Crippen molar-refractivity contribution in [3.8, 4) is 22.4 Å². The molecule has 1 atom stereocenters. The van der Waals surface area contributed by atoms with Crippen LogP contribution >= 0.6 is 0 Å². The fourth-order valence-corrected chi connectivity index (χ4v) is 4.73. The van der Waals surface area contributed by atoms with E-state index in [0.29, 0.717) is 37.2 Å². The number of amides is 1. The van der Waals surface area contributed by atoms with Crippen molar-refractivity contribution in [3.05, 3.63) is 102 Å². The number of aromatic amines is 1. The smallest absolute Gasteiger partial charge is 0.407 e. The van der Waals surface area contributed by atoms with Gasteiger partial charge < -0.3 is 15.3 Å². The van der Waals surface area contributed by atoms with E-state index >= 15 is 0 Å². The van der Waals surface area contributed by atoms with E-state index in [1.54, 1.807) is 18.3 Å². The van der Waals surface area contributed by atoms with E-state index in [0.717, 1.165) is 22.3 Å². The van der Waals surface area contributed by atoms with Gasteiger partial charge in [0.2, 0.25) is 0 Å². The lowest BCUT2D eigenvalue weighted by Gasteiger charge is -2.33. The zero-order chi connectivity index (χ0) is 24.2. The van der Waals surface area contributed by atoms with Crippen LogP contribution in [0.5, 0.6) is 0 Å². The Bertz CT molecular complexity index is 1280. The Morgan fingerprint density at radius 3 is 2.31 bits per heavy atom. The number of carboxylic acid groups (broad SMARTS) is 1. The number of piperidine rings is 1. The molecule has 2 heterocycles. The topological polar surface area (TPSA) is 81.2 Å². The molecular formula is C28H27FN4O2. The first-order valence-electron chi connectivity index (χ1n) is 11.8. The number of H-pyrrole nitrogens is 1. The second-order valence-electron chi connectivity index (χ2n) is 8.81. The van der Waals surface area contributed by atoms with Gasteiger partial charge in [0, 0.05) is 30.3 Å². The van der Waals surface area contributed by atoms with Gasteiger partial charge in [-0.05, 0) is 41.7 Å². The molecule has 0 aliphatic carbocycles. The van der Waals surface area contributed by atoms with Crippen LogP contribution in [0.3, 0.4) is 0 Å². The van der Waals surface area contributed by atoms with Gasteiger partial charge in [-0.2, -0.15) is 5.10 Å². The first-order valence-corrected chi connectivity index (χ1v) is 11.8. The fraction of sp³-hybridized carbons (Fsp3) is 0.214. The highest BCUT2D eigenvalue weighted by Crippen LogP contribution is 2.33. The van der Waals surface area contributed by atoms with Crippen LogP contribution in [-0.4, -0.2) is 45.4 Å². The number of aromatic nitrogens is 2. The molecule has 3 N–H and O–H groups in total. The summed E-state index contributed by atoms with van der Waals surface area (Å²) in [5, 5.41) is 20.3. The molecule has 6 nitrogen and oxygen atoms in total. The monoisotopic (exact) mass is 470 g/mol. The van der Waals surface area contributed by atoms with Gasteiger partial charge in [-0.3, -0.25) is 5.10 Å². The third-order valence-electron chi connectivity index (χ3n) is 6.64. The Balaban J connectivity index is 1.48. The SMILES string of the molecule is O=C(O)N1CCC(NC(c2ccc(-c3ccccc3)cc2)c2cn[nH]c2-c2ccccc2F)CC1. The molecular weight excluding hydrogens is 443 g/mol. The molecule has 35 heavy (non-hydrogen) atoms. The molecule has 1 aliphatic heterocycles. The Hall–Kier alpha value is -3.97. The summed E-state index contributed by atoms with van der Waals surface area (Å²) < 4.78 is 14.7. The highest BCUT2D eigenvalue weighted by molar-refractivity contribution is 5.67. The fourth-order valence-electron chi connectivity index (χ4n) is 4.73.